The van der Waals surface area contributed by atoms with Crippen molar-refractivity contribution in [3.8, 4) is 40.2 Å². The van der Waals surface area contributed by atoms with Crippen molar-refractivity contribution in [1.29, 1.82) is 0 Å². The van der Waals surface area contributed by atoms with Crippen LogP contribution in [0.25, 0.3) is 11.1 Å². The van der Waals surface area contributed by atoms with E-state index in [1.54, 1.807) is 54.6 Å². The zero-order chi connectivity index (χ0) is 28.8. The molecule has 3 aromatic rings. The molecular formula is C33H39NaO6S. The molecule has 8 heteroatoms. The molecule has 1 N–H and O–H groups in total. The fourth-order valence-electron chi connectivity index (χ4n) is 4.45. The number of hydrogen-bond acceptors (Lipinski definition) is 6. The van der Waals surface area contributed by atoms with E-state index < -0.39 is 21.1 Å². The van der Waals surface area contributed by atoms with Crippen molar-refractivity contribution >= 4 is 10.1 Å². The Morgan fingerprint density at radius 1 is 0.854 bits per heavy atom. The van der Waals surface area contributed by atoms with Crippen molar-refractivity contribution in [2.75, 3.05) is 6.61 Å². The first kappa shape index (κ1) is 34.9. The predicted molar refractivity (Wildman–Crippen MR) is 157 cm³/mol. The molecule has 0 fully saturated rings. The van der Waals surface area contributed by atoms with Crippen molar-refractivity contribution in [2.45, 2.75) is 82.6 Å². The topological polar surface area (TPSA) is 95.9 Å². The van der Waals surface area contributed by atoms with Gasteiger partial charge in [-0.3, -0.25) is 0 Å². The van der Waals surface area contributed by atoms with Gasteiger partial charge in [0.15, 0.2) is 0 Å². The Morgan fingerprint density at radius 3 is 2.15 bits per heavy atom. The molecule has 6 nitrogen and oxygen atoms in total. The molecule has 0 aliphatic carbocycles. The summed E-state index contributed by atoms with van der Waals surface area (Å²) in [7, 11) is -4.86. The second kappa shape index (κ2) is 18.3. The van der Waals surface area contributed by atoms with Gasteiger partial charge in [-0.05, 0) is 60.9 Å². The average molecular weight is 587 g/mol. The van der Waals surface area contributed by atoms with E-state index in [-0.39, 0.29) is 35.3 Å². The molecule has 0 aliphatic rings. The molecule has 0 aromatic heterocycles. The third-order valence-corrected chi connectivity index (χ3v) is 7.39. The molecule has 0 bridgehead atoms. The Hall–Kier alpha value is -2.31. The van der Waals surface area contributed by atoms with Gasteiger partial charge in [-0.1, -0.05) is 88.1 Å². The van der Waals surface area contributed by atoms with Crippen LogP contribution in [0.5, 0.6) is 17.2 Å². The van der Waals surface area contributed by atoms with Gasteiger partial charge in [-0.2, -0.15) is 0 Å². The van der Waals surface area contributed by atoms with E-state index in [0.717, 1.165) is 12.8 Å². The zero-order valence-corrected chi connectivity index (χ0v) is 27.2. The third-order valence-electron chi connectivity index (χ3n) is 6.54. The molecule has 41 heavy (non-hydrogen) atoms. The van der Waals surface area contributed by atoms with Gasteiger partial charge in [0.1, 0.15) is 33.5 Å². The number of ether oxygens (including phenoxy) is 2. The summed E-state index contributed by atoms with van der Waals surface area (Å²) in [5.41, 5.74) is 1.60. The average Bonchev–Trinajstić information content (AvgIpc) is 2.95. The molecule has 0 saturated heterocycles. The Bertz CT molecular complexity index is 1380. The molecule has 0 spiro atoms. The summed E-state index contributed by atoms with van der Waals surface area (Å²) >= 11 is 0. The minimum atomic E-state index is -4.86. The van der Waals surface area contributed by atoms with Gasteiger partial charge in [0.05, 0.1) is 11.5 Å². The molecule has 0 amide bonds. The minimum Gasteiger partial charge on any atom is -0.744 e. The number of unbranched alkanes of at least 4 members (excludes halogenated alkanes) is 8. The summed E-state index contributed by atoms with van der Waals surface area (Å²) in [6.45, 7) is 4.61. The van der Waals surface area contributed by atoms with Crippen LogP contribution in [0.3, 0.4) is 0 Å². The molecule has 214 valence electrons. The van der Waals surface area contributed by atoms with Gasteiger partial charge in [-0.15, -0.1) is 5.92 Å². The van der Waals surface area contributed by atoms with E-state index in [1.165, 1.54) is 50.7 Å². The standard InChI is InChI=1S/C33H40O6S.Na/c1-3-5-6-7-8-9-10-11-12-13-18-31(34)30-17-15-14-16-29(30)26-19-24-32(33(25-26)40(35,36)37)39-28-22-20-27(21-23-28)38-4-2;/h14-17,19-25,31,34H,3-12H2,1-2H3,(H,35,36,37);/q;+1/p-1. The first-order valence-corrected chi connectivity index (χ1v) is 15.5. The molecule has 0 radical (unpaired) electrons. The first-order valence-electron chi connectivity index (χ1n) is 14.1. The third kappa shape index (κ3) is 11.5. The van der Waals surface area contributed by atoms with Crippen molar-refractivity contribution in [1.82, 2.24) is 0 Å². The van der Waals surface area contributed by atoms with Crippen LogP contribution < -0.4 is 39.0 Å². The van der Waals surface area contributed by atoms with Crippen molar-refractivity contribution in [2.24, 2.45) is 0 Å². The van der Waals surface area contributed by atoms with Gasteiger partial charge in [0.2, 0.25) is 0 Å². The second-order valence-electron chi connectivity index (χ2n) is 9.66. The molecule has 3 aromatic carbocycles. The van der Waals surface area contributed by atoms with E-state index in [1.807, 2.05) is 6.92 Å². The van der Waals surface area contributed by atoms with Crippen LogP contribution in [0, 0.1) is 11.8 Å². The largest absolute Gasteiger partial charge is 1.00 e. The molecule has 1 atom stereocenters. The smallest absolute Gasteiger partial charge is 0.744 e. The number of aliphatic hydroxyl groups is 1. The van der Waals surface area contributed by atoms with Crippen molar-refractivity contribution < 1.29 is 57.1 Å². The maximum Gasteiger partial charge on any atom is 1.00 e. The number of benzene rings is 3. The van der Waals surface area contributed by atoms with Gasteiger partial charge in [0.25, 0.3) is 0 Å². The Balaban J connectivity index is 0.00000588. The Morgan fingerprint density at radius 2 is 1.49 bits per heavy atom. The maximum absolute atomic E-state index is 12.2. The van der Waals surface area contributed by atoms with Crippen LogP contribution in [-0.4, -0.2) is 24.7 Å². The SMILES string of the molecule is CCCCCCCCCCC#CC(O)c1ccccc1-c1ccc(Oc2ccc(OCC)cc2)c(S(=O)(=O)[O-])c1.[Na+]. The van der Waals surface area contributed by atoms with Gasteiger partial charge < -0.3 is 19.1 Å². The molecule has 0 aliphatic heterocycles. The summed E-state index contributed by atoms with van der Waals surface area (Å²) in [6, 6.07) is 18.2. The second-order valence-corrected chi connectivity index (χ2v) is 11.0. The normalized spacial score (nSPS) is 11.6. The summed E-state index contributed by atoms with van der Waals surface area (Å²) in [4.78, 5) is -0.482. The van der Waals surface area contributed by atoms with Crippen LogP contribution >= 0.6 is 0 Å². The number of aliphatic hydroxyl groups excluding tert-OH is 1. The van der Waals surface area contributed by atoms with E-state index in [0.29, 0.717) is 41.2 Å². The van der Waals surface area contributed by atoms with Gasteiger partial charge in [-0.25, -0.2) is 8.42 Å². The van der Waals surface area contributed by atoms with Crippen LogP contribution in [0.4, 0.5) is 0 Å². The fourth-order valence-corrected chi connectivity index (χ4v) is 5.07. The Labute approximate surface area is 267 Å². The molecule has 0 saturated carbocycles. The van der Waals surface area contributed by atoms with Crippen LogP contribution in [0.2, 0.25) is 0 Å². The van der Waals surface area contributed by atoms with Gasteiger partial charge >= 0.3 is 29.6 Å². The summed E-state index contributed by atoms with van der Waals surface area (Å²) in [5.74, 6) is 6.94. The molecule has 3 rings (SSSR count). The maximum atomic E-state index is 12.2. The zero-order valence-electron chi connectivity index (χ0n) is 24.4. The van der Waals surface area contributed by atoms with Crippen LogP contribution in [-0.2, 0) is 10.1 Å². The van der Waals surface area contributed by atoms with Crippen molar-refractivity contribution in [3.05, 3.63) is 72.3 Å². The van der Waals surface area contributed by atoms with E-state index in [9.17, 15) is 18.1 Å². The molecule has 1 unspecified atom stereocenters. The van der Waals surface area contributed by atoms with Crippen LogP contribution in [0.1, 0.15) is 83.3 Å². The van der Waals surface area contributed by atoms with Gasteiger partial charge in [0, 0.05) is 12.0 Å². The minimum absolute atomic E-state index is 0. The van der Waals surface area contributed by atoms with E-state index in [4.69, 9.17) is 9.47 Å². The quantitative estimate of drug-likeness (QED) is 0.116. The summed E-state index contributed by atoms with van der Waals surface area (Å²) in [5, 5.41) is 10.8. The summed E-state index contributed by atoms with van der Waals surface area (Å²) in [6.07, 6.45) is 9.42. The summed E-state index contributed by atoms with van der Waals surface area (Å²) < 4.78 is 47.7. The van der Waals surface area contributed by atoms with E-state index in [2.05, 4.69) is 18.8 Å². The number of hydrogen-bond donors (Lipinski definition) is 1. The fraction of sp³-hybridized carbons (Fsp3) is 0.394. The molecule has 0 heterocycles. The van der Waals surface area contributed by atoms with E-state index >= 15 is 0 Å². The first-order chi connectivity index (χ1) is 19.3. The Kier molecular flexibility index (Phi) is 15.6. The van der Waals surface area contributed by atoms with Crippen LogP contribution in [0.15, 0.2) is 71.6 Å². The predicted octanol–water partition coefficient (Wildman–Crippen LogP) is 5.02. The molecular weight excluding hydrogens is 547 g/mol. The van der Waals surface area contributed by atoms with Crippen molar-refractivity contribution in [3.63, 3.8) is 0 Å². The number of rotatable bonds is 15. The monoisotopic (exact) mass is 586 g/mol.